The lowest BCUT2D eigenvalue weighted by Crippen LogP contribution is -2.46. The molecule has 9 heteroatoms. The Morgan fingerprint density at radius 1 is 1.07 bits per heavy atom. The third kappa shape index (κ3) is 4.97. The summed E-state index contributed by atoms with van der Waals surface area (Å²) in [5.41, 5.74) is 1.86. The molecule has 0 saturated carbocycles. The van der Waals surface area contributed by atoms with Crippen molar-refractivity contribution in [2.75, 3.05) is 30.1 Å². The van der Waals surface area contributed by atoms with Crippen LogP contribution in [0.25, 0.3) is 0 Å². The van der Waals surface area contributed by atoms with Crippen LogP contribution in [0.4, 0.5) is 11.4 Å². The molecule has 3 heterocycles. The zero-order chi connectivity index (χ0) is 28.7. The normalized spacial score (nSPS) is 27.2. The number of carbonyl (C=O) groups is 2. The first-order valence-electron chi connectivity index (χ1n) is 14.5. The van der Waals surface area contributed by atoms with Crippen molar-refractivity contribution in [3.63, 3.8) is 0 Å². The van der Waals surface area contributed by atoms with E-state index in [2.05, 4.69) is 0 Å². The topological polar surface area (TPSA) is 99.5 Å². The van der Waals surface area contributed by atoms with Crippen molar-refractivity contribution in [1.29, 1.82) is 0 Å². The zero-order valence-corrected chi connectivity index (χ0v) is 25.1. The Kier molecular flexibility index (Phi) is 8.12. The number of aliphatic hydroxyl groups excluding tert-OH is 1. The number of amides is 2. The Bertz CT molecular complexity index is 1250. The maximum Gasteiger partial charge on any atom is 0.264 e. The lowest BCUT2D eigenvalue weighted by molar-refractivity contribution is -0.146. The highest BCUT2D eigenvalue weighted by Gasteiger charge is 2.66. The van der Waals surface area contributed by atoms with Crippen LogP contribution in [-0.2, 0) is 26.5 Å². The number of ether oxygens (including phenoxy) is 2. The van der Waals surface area contributed by atoms with E-state index in [4.69, 9.17) is 9.47 Å². The minimum atomic E-state index is -2.76. The van der Waals surface area contributed by atoms with Gasteiger partial charge in [0.25, 0.3) is 5.91 Å². The van der Waals surface area contributed by atoms with Gasteiger partial charge in [-0.05, 0) is 68.3 Å². The van der Waals surface area contributed by atoms with Gasteiger partial charge >= 0.3 is 0 Å². The maximum absolute atomic E-state index is 14.4. The monoisotopic (exact) mass is 566 g/mol. The molecule has 0 bridgehead atoms. The van der Waals surface area contributed by atoms with E-state index in [9.17, 15) is 19.5 Å². The Morgan fingerprint density at radius 2 is 1.80 bits per heavy atom. The first-order valence-corrected chi connectivity index (χ1v) is 17.5. The number of hydrogen-bond acceptors (Lipinski definition) is 6. The predicted molar refractivity (Wildman–Crippen MR) is 157 cm³/mol. The van der Waals surface area contributed by atoms with Crippen molar-refractivity contribution in [3.8, 4) is 5.75 Å². The molecule has 0 aliphatic carbocycles. The molecule has 216 valence electrons. The second-order valence-electron chi connectivity index (χ2n) is 12.0. The third-order valence-electron chi connectivity index (χ3n) is 9.02. The van der Waals surface area contributed by atoms with Gasteiger partial charge in [0.2, 0.25) is 5.91 Å². The van der Waals surface area contributed by atoms with Crippen LogP contribution in [-0.4, -0.2) is 56.4 Å². The van der Waals surface area contributed by atoms with E-state index in [0.717, 1.165) is 54.7 Å². The molecule has 2 N–H and O–H groups in total. The van der Waals surface area contributed by atoms with Crippen molar-refractivity contribution in [1.82, 2.24) is 0 Å². The summed E-state index contributed by atoms with van der Waals surface area (Å²) in [6.07, 6.45) is 4.70. The van der Waals surface area contributed by atoms with E-state index in [1.54, 1.807) is 12.0 Å². The van der Waals surface area contributed by atoms with Gasteiger partial charge in [0, 0.05) is 42.3 Å². The van der Waals surface area contributed by atoms with Crippen molar-refractivity contribution >= 4 is 31.5 Å². The van der Waals surface area contributed by atoms with Crippen LogP contribution < -0.4 is 14.5 Å². The van der Waals surface area contributed by atoms with Crippen LogP contribution >= 0.6 is 0 Å². The number of benzene rings is 2. The molecule has 2 saturated heterocycles. The first kappa shape index (κ1) is 28.8. The highest BCUT2D eigenvalue weighted by molar-refractivity contribution is 6.71. The number of aliphatic hydroxyl groups is 1. The molecular formula is C31H42N2O6Si. The average Bonchev–Trinajstić information content (AvgIpc) is 3.33. The molecule has 2 fully saturated rings. The average molecular weight is 567 g/mol. The number of rotatable bonds is 7. The van der Waals surface area contributed by atoms with E-state index >= 15 is 0 Å². The lowest BCUT2D eigenvalue weighted by atomic mass is 9.82. The molecule has 4 atom stereocenters. The van der Waals surface area contributed by atoms with Gasteiger partial charge in [-0.1, -0.05) is 31.9 Å². The fourth-order valence-electron chi connectivity index (χ4n) is 7.13. The van der Waals surface area contributed by atoms with E-state index in [1.807, 2.05) is 67.4 Å². The fraction of sp³-hybridized carbons (Fsp3) is 0.548. The van der Waals surface area contributed by atoms with Gasteiger partial charge < -0.3 is 29.2 Å². The van der Waals surface area contributed by atoms with Gasteiger partial charge in [0.15, 0.2) is 13.9 Å². The minimum Gasteiger partial charge on any atom is -0.497 e. The molecule has 3 aliphatic rings. The number of nitrogens with zero attached hydrogens (tertiary/aromatic N) is 2. The second-order valence-corrected chi connectivity index (χ2v) is 16.0. The van der Waals surface area contributed by atoms with E-state index in [-0.39, 0.29) is 29.9 Å². The first-order chi connectivity index (χ1) is 19.1. The molecule has 2 amide bonds. The van der Waals surface area contributed by atoms with Crippen molar-refractivity contribution in [2.24, 2.45) is 5.92 Å². The zero-order valence-electron chi connectivity index (χ0n) is 24.1. The molecule has 0 radical (unpaired) electrons. The van der Waals surface area contributed by atoms with Crippen LogP contribution in [0.15, 0.2) is 42.5 Å². The van der Waals surface area contributed by atoms with Crippen LogP contribution in [0.3, 0.4) is 0 Å². The molecule has 8 nitrogen and oxygen atoms in total. The molecule has 1 spiro atoms. The Balaban J connectivity index is 1.48. The molecule has 2 aromatic carbocycles. The summed E-state index contributed by atoms with van der Waals surface area (Å²) < 4.78 is 12.2. The molecule has 2 aromatic rings. The largest absolute Gasteiger partial charge is 0.497 e. The fourth-order valence-corrected chi connectivity index (χ4v) is 9.74. The molecule has 0 aromatic heterocycles. The van der Waals surface area contributed by atoms with Gasteiger partial charge in [0.05, 0.1) is 25.4 Å². The number of hydrogen-bond donors (Lipinski definition) is 2. The molecular weight excluding hydrogens is 524 g/mol. The maximum atomic E-state index is 14.4. The Hall–Kier alpha value is -2.72. The van der Waals surface area contributed by atoms with Crippen LogP contribution in [0.5, 0.6) is 5.75 Å². The minimum absolute atomic E-state index is 0.0802. The number of carbonyl (C=O) groups excluding carboxylic acids is 2. The summed E-state index contributed by atoms with van der Waals surface area (Å²) in [6.45, 7) is 6.75. The van der Waals surface area contributed by atoms with Crippen molar-refractivity contribution in [3.05, 3.63) is 53.6 Å². The van der Waals surface area contributed by atoms with Crippen molar-refractivity contribution in [2.45, 2.75) is 82.3 Å². The molecule has 3 aliphatic heterocycles. The summed E-state index contributed by atoms with van der Waals surface area (Å²) >= 11 is 0. The number of methoxy groups -OCH3 is 1. The van der Waals surface area contributed by atoms with E-state index in [1.165, 1.54) is 0 Å². The second kappa shape index (κ2) is 11.3. The van der Waals surface area contributed by atoms with Crippen molar-refractivity contribution < 1.29 is 29.0 Å². The van der Waals surface area contributed by atoms with Crippen LogP contribution in [0.2, 0.25) is 18.6 Å². The van der Waals surface area contributed by atoms with Gasteiger partial charge in [-0.15, -0.1) is 0 Å². The summed E-state index contributed by atoms with van der Waals surface area (Å²) in [5, 5.41) is 9.79. The van der Waals surface area contributed by atoms with Crippen LogP contribution in [0, 0.1) is 5.92 Å². The summed E-state index contributed by atoms with van der Waals surface area (Å²) in [5.74, 6) is 0.352. The van der Waals surface area contributed by atoms with E-state index in [0.29, 0.717) is 25.1 Å². The SMILES string of the molecule is COc1ccc2c(c1)[C@@]1(O[C@H](CCO)[C@@H]([Si](C)(C)O)[C@@H]1C)C(=O)N2Cc1ccc(N2CCCCCCC2=O)cc1. The molecule has 0 unspecified atom stereocenters. The van der Waals surface area contributed by atoms with Gasteiger partial charge in [-0.2, -0.15) is 0 Å². The Morgan fingerprint density at radius 3 is 2.48 bits per heavy atom. The third-order valence-corrected chi connectivity index (χ3v) is 11.5. The predicted octanol–water partition coefficient (Wildman–Crippen LogP) is 4.72. The van der Waals surface area contributed by atoms with Crippen LogP contribution in [0.1, 0.15) is 56.6 Å². The molecule has 5 rings (SSSR count). The lowest BCUT2D eigenvalue weighted by Gasteiger charge is -2.32. The Labute approximate surface area is 238 Å². The quantitative estimate of drug-likeness (QED) is 0.471. The number of fused-ring (bicyclic) bond motifs is 2. The molecule has 40 heavy (non-hydrogen) atoms. The number of anilines is 2. The van der Waals surface area contributed by atoms with E-state index < -0.39 is 20.0 Å². The summed E-state index contributed by atoms with van der Waals surface area (Å²) in [6, 6.07) is 13.6. The summed E-state index contributed by atoms with van der Waals surface area (Å²) in [4.78, 5) is 42.1. The van der Waals surface area contributed by atoms with Gasteiger partial charge in [0.1, 0.15) is 5.75 Å². The smallest absolute Gasteiger partial charge is 0.264 e. The van der Waals surface area contributed by atoms with Gasteiger partial charge in [-0.25, -0.2) is 0 Å². The standard InChI is InChI=1S/C31H42N2O6Si/c1-21-29(40(3,4)37)27(16-18-34)39-31(21)25-19-24(38-2)14-15-26(25)33(30(31)36)20-22-10-12-23(13-11-22)32-17-8-6-5-7-9-28(32)35/h10-15,19,21,27,29,34,37H,5-9,16-18,20H2,1-4H3/t21-,27+,29-,31+/m0/s1. The highest BCUT2D eigenvalue weighted by Crippen LogP contribution is 2.60. The van der Waals surface area contributed by atoms with Gasteiger partial charge in [-0.3, -0.25) is 9.59 Å². The summed E-state index contributed by atoms with van der Waals surface area (Å²) in [7, 11) is -1.16. The highest BCUT2D eigenvalue weighted by atomic mass is 28.4.